The third-order valence-corrected chi connectivity index (χ3v) is 4.99. The van der Waals surface area contributed by atoms with Crippen LogP contribution in [0.4, 0.5) is 0 Å². The molecule has 1 aromatic heterocycles. The van der Waals surface area contributed by atoms with Gasteiger partial charge < -0.3 is 5.32 Å². The van der Waals surface area contributed by atoms with Gasteiger partial charge in [-0.2, -0.15) is 0 Å². The van der Waals surface area contributed by atoms with Gasteiger partial charge in [-0.25, -0.2) is 0 Å². The Balaban J connectivity index is 1.42. The Morgan fingerprint density at radius 1 is 1.00 bits per heavy atom. The second-order valence-electron chi connectivity index (χ2n) is 5.86. The first-order valence-electron chi connectivity index (χ1n) is 8.10. The molecule has 0 aliphatic carbocycles. The van der Waals surface area contributed by atoms with E-state index in [2.05, 4.69) is 45.4 Å². The van der Waals surface area contributed by atoms with Crippen molar-refractivity contribution in [1.82, 2.24) is 15.0 Å². The van der Waals surface area contributed by atoms with Crippen LogP contribution < -0.4 is 10.0 Å². The van der Waals surface area contributed by atoms with Gasteiger partial charge in [0, 0.05) is 35.9 Å². The minimum Gasteiger partial charge on any atom is -0.348 e. The number of rotatable bonds is 5. The molecule has 1 aliphatic heterocycles. The van der Waals surface area contributed by atoms with Crippen molar-refractivity contribution in [2.45, 2.75) is 18.0 Å². The van der Waals surface area contributed by atoms with Crippen molar-refractivity contribution in [1.29, 1.82) is 0 Å². The number of hydrogen-bond donors (Lipinski definition) is 2. The van der Waals surface area contributed by atoms with Gasteiger partial charge in [-0.05, 0) is 64.5 Å². The van der Waals surface area contributed by atoms with Gasteiger partial charge in [0.15, 0.2) is 0 Å². The number of carbonyl (C=O) groups excluding carboxylic acids is 1. The van der Waals surface area contributed by atoms with E-state index in [1.807, 2.05) is 24.3 Å². The standard InChI is InChI=1S/C20H17N3OS/c24-20-19-11-16(1-2-17(19)13-22-20)15-3-5-18(6-4-15)25-23-12-14-7-9-21-10-8-14/h1-11,23H,12-13H2,(H,22,24). The highest BCUT2D eigenvalue weighted by atomic mass is 32.2. The Kier molecular flexibility index (Phi) is 4.50. The highest BCUT2D eigenvalue weighted by Crippen LogP contribution is 2.27. The second-order valence-corrected chi connectivity index (χ2v) is 6.82. The second kappa shape index (κ2) is 7.09. The molecular weight excluding hydrogens is 330 g/mol. The lowest BCUT2D eigenvalue weighted by Gasteiger charge is -2.07. The van der Waals surface area contributed by atoms with Crippen molar-refractivity contribution in [2.24, 2.45) is 0 Å². The van der Waals surface area contributed by atoms with Gasteiger partial charge in [-0.15, -0.1) is 0 Å². The topological polar surface area (TPSA) is 54.0 Å². The molecule has 1 amide bonds. The number of amides is 1. The first kappa shape index (κ1) is 15.9. The summed E-state index contributed by atoms with van der Waals surface area (Å²) < 4.78 is 3.35. The van der Waals surface area contributed by atoms with E-state index in [0.29, 0.717) is 6.54 Å². The molecule has 0 spiro atoms. The van der Waals surface area contributed by atoms with Gasteiger partial charge >= 0.3 is 0 Å². The normalized spacial score (nSPS) is 12.7. The van der Waals surface area contributed by atoms with Gasteiger partial charge in [0.2, 0.25) is 0 Å². The Bertz CT molecular complexity index is 895. The Morgan fingerprint density at radius 2 is 1.76 bits per heavy atom. The first-order valence-corrected chi connectivity index (χ1v) is 8.91. The van der Waals surface area contributed by atoms with Crippen LogP contribution in [0, 0.1) is 0 Å². The minimum absolute atomic E-state index is 0.0179. The van der Waals surface area contributed by atoms with Gasteiger partial charge in [-0.3, -0.25) is 14.5 Å². The summed E-state index contributed by atoms with van der Waals surface area (Å²) >= 11 is 1.61. The number of nitrogens with zero attached hydrogens (tertiary/aromatic N) is 1. The smallest absolute Gasteiger partial charge is 0.251 e. The lowest BCUT2D eigenvalue weighted by molar-refractivity contribution is 0.0966. The van der Waals surface area contributed by atoms with Crippen LogP contribution in [0.5, 0.6) is 0 Å². The van der Waals surface area contributed by atoms with Crippen molar-refractivity contribution >= 4 is 17.9 Å². The third kappa shape index (κ3) is 3.57. The molecule has 4 nitrogen and oxygen atoms in total. The largest absolute Gasteiger partial charge is 0.348 e. The van der Waals surface area contributed by atoms with Crippen LogP contribution in [-0.2, 0) is 13.1 Å². The van der Waals surface area contributed by atoms with Crippen LogP contribution in [0.25, 0.3) is 11.1 Å². The van der Waals surface area contributed by atoms with E-state index in [9.17, 15) is 4.79 Å². The van der Waals surface area contributed by atoms with Crippen LogP contribution >= 0.6 is 11.9 Å². The summed E-state index contributed by atoms with van der Waals surface area (Å²) in [6.45, 7) is 1.42. The number of hydrogen-bond acceptors (Lipinski definition) is 4. The molecule has 2 heterocycles. The molecule has 0 fully saturated rings. The Labute approximate surface area is 150 Å². The fraction of sp³-hybridized carbons (Fsp3) is 0.100. The van der Waals surface area contributed by atoms with Gasteiger partial charge in [0.25, 0.3) is 5.91 Å². The number of nitrogens with one attached hydrogen (secondary N) is 2. The molecule has 0 atom stereocenters. The molecule has 1 aliphatic rings. The summed E-state index contributed by atoms with van der Waals surface area (Å²) in [5, 5.41) is 2.85. The molecule has 0 saturated carbocycles. The maximum atomic E-state index is 11.8. The molecule has 25 heavy (non-hydrogen) atoms. The number of fused-ring (bicyclic) bond motifs is 1. The molecular formula is C20H17N3OS. The summed E-state index contributed by atoms with van der Waals surface area (Å²) in [6.07, 6.45) is 3.60. The van der Waals surface area contributed by atoms with E-state index in [1.165, 1.54) is 5.56 Å². The third-order valence-electron chi connectivity index (χ3n) is 4.20. The average Bonchev–Trinajstić information content (AvgIpc) is 3.04. The Morgan fingerprint density at radius 3 is 2.56 bits per heavy atom. The fourth-order valence-corrected chi connectivity index (χ4v) is 3.49. The van der Waals surface area contributed by atoms with Crippen molar-refractivity contribution in [2.75, 3.05) is 0 Å². The molecule has 2 N–H and O–H groups in total. The van der Waals surface area contributed by atoms with Crippen LogP contribution in [0.2, 0.25) is 0 Å². The molecule has 124 valence electrons. The van der Waals surface area contributed by atoms with Crippen LogP contribution in [0.15, 0.2) is 71.9 Å². The van der Waals surface area contributed by atoms with Crippen molar-refractivity contribution in [3.63, 3.8) is 0 Å². The quantitative estimate of drug-likeness (QED) is 0.690. The maximum Gasteiger partial charge on any atom is 0.251 e. The molecule has 4 rings (SSSR count). The van der Waals surface area contributed by atoms with Crippen LogP contribution in [0.3, 0.4) is 0 Å². The number of carbonyl (C=O) groups is 1. The zero-order valence-corrected chi connectivity index (χ0v) is 14.3. The highest BCUT2D eigenvalue weighted by molar-refractivity contribution is 7.97. The molecule has 0 radical (unpaired) electrons. The van der Waals surface area contributed by atoms with E-state index in [1.54, 1.807) is 24.3 Å². The SMILES string of the molecule is O=C1NCc2ccc(-c3ccc(SNCc4ccncc4)cc3)cc21. The zero-order chi connectivity index (χ0) is 17.1. The first-order chi connectivity index (χ1) is 12.3. The van der Waals surface area contributed by atoms with Crippen LogP contribution in [-0.4, -0.2) is 10.9 Å². The predicted octanol–water partition coefficient (Wildman–Crippen LogP) is 3.79. The number of pyridine rings is 1. The monoisotopic (exact) mass is 347 g/mol. The lowest BCUT2D eigenvalue weighted by atomic mass is 10.0. The van der Waals surface area contributed by atoms with Crippen molar-refractivity contribution in [3.8, 4) is 11.1 Å². The van der Waals surface area contributed by atoms with E-state index >= 15 is 0 Å². The minimum atomic E-state index is 0.0179. The molecule has 0 bridgehead atoms. The summed E-state index contributed by atoms with van der Waals surface area (Å²) in [5.74, 6) is 0.0179. The van der Waals surface area contributed by atoms with E-state index in [4.69, 9.17) is 0 Å². The molecule has 2 aromatic carbocycles. The maximum absolute atomic E-state index is 11.8. The lowest BCUT2D eigenvalue weighted by Crippen LogP contribution is -2.12. The van der Waals surface area contributed by atoms with E-state index in [-0.39, 0.29) is 5.91 Å². The Hall–Kier alpha value is -2.63. The molecule has 3 aromatic rings. The fourth-order valence-electron chi connectivity index (χ4n) is 2.81. The predicted molar refractivity (Wildman–Crippen MR) is 100.0 cm³/mol. The summed E-state index contributed by atoms with van der Waals surface area (Å²) in [7, 11) is 0. The summed E-state index contributed by atoms with van der Waals surface area (Å²) in [5.41, 5.74) is 5.24. The average molecular weight is 347 g/mol. The van der Waals surface area contributed by atoms with Crippen LogP contribution in [0.1, 0.15) is 21.5 Å². The summed E-state index contributed by atoms with van der Waals surface area (Å²) in [6, 6.07) is 18.4. The van der Waals surface area contributed by atoms with Crippen molar-refractivity contribution < 1.29 is 4.79 Å². The number of aromatic nitrogens is 1. The molecule has 0 saturated heterocycles. The highest BCUT2D eigenvalue weighted by Gasteiger charge is 2.18. The molecule has 5 heteroatoms. The zero-order valence-electron chi connectivity index (χ0n) is 13.5. The van der Waals surface area contributed by atoms with Crippen molar-refractivity contribution in [3.05, 3.63) is 83.7 Å². The molecule has 0 unspecified atom stereocenters. The van der Waals surface area contributed by atoms with E-state index < -0.39 is 0 Å². The van der Waals surface area contributed by atoms with Gasteiger partial charge in [0.05, 0.1) is 0 Å². The van der Waals surface area contributed by atoms with Gasteiger partial charge in [0.1, 0.15) is 0 Å². The number of benzene rings is 2. The van der Waals surface area contributed by atoms with Gasteiger partial charge in [-0.1, -0.05) is 24.3 Å². The van der Waals surface area contributed by atoms with E-state index in [0.717, 1.165) is 33.7 Å². The summed E-state index contributed by atoms with van der Waals surface area (Å²) in [4.78, 5) is 17.0.